The summed E-state index contributed by atoms with van der Waals surface area (Å²) in [6, 6.07) is 6.02. The van der Waals surface area contributed by atoms with Gasteiger partial charge in [0.05, 0.1) is 18.1 Å². The number of nitrogens with two attached hydrogens (primary N) is 1. The molecule has 0 saturated heterocycles. The van der Waals surface area contributed by atoms with Gasteiger partial charge >= 0.3 is 0 Å². The second kappa shape index (κ2) is 6.01. The Balaban J connectivity index is 2.52. The molecule has 0 bridgehead atoms. The second-order valence-electron chi connectivity index (χ2n) is 4.12. The average molecular weight is 280 g/mol. The van der Waals surface area contributed by atoms with Gasteiger partial charge in [-0.2, -0.15) is 0 Å². The maximum Gasteiger partial charge on any atom is 0.180 e. The first-order valence-corrected chi connectivity index (χ1v) is 6.52. The van der Waals surface area contributed by atoms with Gasteiger partial charge in [-0.25, -0.2) is 0 Å². The first kappa shape index (κ1) is 13.8. The van der Waals surface area contributed by atoms with E-state index in [1.165, 1.54) is 11.3 Å². The standard InChI is InChI=1S/C13H16N2O3S/c1-17-6-9-3-8-4-12(13(14)15-16)19-11(8)5-10(9)7-18-2/h3-5,16H,6-7H2,1-2H3,(H2,14,15). The number of ether oxygens (including phenoxy) is 2. The number of hydrogen-bond donors (Lipinski definition) is 2. The molecule has 1 aromatic heterocycles. The lowest BCUT2D eigenvalue weighted by Crippen LogP contribution is -2.10. The molecule has 0 unspecified atom stereocenters. The highest BCUT2D eigenvalue weighted by molar-refractivity contribution is 7.20. The fourth-order valence-electron chi connectivity index (χ4n) is 1.93. The Kier molecular flexibility index (Phi) is 4.36. The molecule has 6 heteroatoms. The first-order chi connectivity index (χ1) is 9.19. The van der Waals surface area contributed by atoms with Crippen molar-refractivity contribution in [1.82, 2.24) is 0 Å². The Hall–Kier alpha value is -1.63. The predicted octanol–water partition coefficient (Wildman–Crippen LogP) is 2.29. The number of thiophene rings is 1. The smallest absolute Gasteiger partial charge is 0.180 e. The number of oxime groups is 1. The lowest BCUT2D eigenvalue weighted by atomic mass is 10.1. The molecule has 0 spiro atoms. The Morgan fingerprint density at radius 3 is 2.42 bits per heavy atom. The minimum absolute atomic E-state index is 0.128. The van der Waals surface area contributed by atoms with Gasteiger partial charge in [-0.3, -0.25) is 0 Å². The van der Waals surface area contributed by atoms with Gasteiger partial charge in [0.15, 0.2) is 5.84 Å². The summed E-state index contributed by atoms with van der Waals surface area (Å²) in [5, 5.41) is 12.8. The number of fused-ring (bicyclic) bond motifs is 1. The van der Waals surface area contributed by atoms with Crippen LogP contribution >= 0.6 is 11.3 Å². The molecule has 2 rings (SSSR count). The van der Waals surface area contributed by atoms with E-state index in [1.807, 2.05) is 6.07 Å². The zero-order chi connectivity index (χ0) is 13.8. The zero-order valence-electron chi connectivity index (χ0n) is 10.8. The Morgan fingerprint density at radius 1 is 1.21 bits per heavy atom. The summed E-state index contributed by atoms with van der Waals surface area (Å²) in [5.41, 5.74) is 7.78. The summed E-state index contributed by atoms with van der Waals surface area (Å²) in [5.74, 6) is 0.128. The van der Waals surface area contributed by atoms with Crippen molar-refractivity contribution in [2.24, 2.45) is 10.9 Å². The van der Waals surface area contributed by atoms with E-state index in [0.717, 1.165) is 26.1 Å². The van der Waals surface area contributed by atoms with Crippen molar-refractivity contribution in [2.75, 3.05) is 14.2 Å². The predicted molar refractivity (Wildman–Crippen MR) is 75.8 cm³/mol. The zero-order valence-corrected chi connectivity index (χ0v) is 11.7. The number of benzene rings is 1. The van der Waals surface area contributed by atoms with Crippen LogP contribution in [0.2, 0.25) is 0 Å². The molecule has 0 aliphatic heterocycles. The molecule has 1 heterocycles. The molecule has 0 atom stereocenters. The van der Waals surface area contributed by atoms with Crippen molar-refractivity contribution in [2.45, 2.75) is 13.2 Å². The first-order valence-electron chi connectivity index (χ1n) is 5.70. The molecule has 1 aromatic carbocycles. The van der Waals surface area contributed by atoms with Gasteiger partial charge in [0, 0.05) is 18.9 Å². The maximum atomic E-state index is 8.72. The van der Waals surface area contributed by atoms with Gasteiger partial charge in [-0.05, 0) is 34.7 Å². The Labute approximate surface area is 115 Å². The van der Waals surface area contributed by atoms with E-state index in [1.54, 1.807) is 14.2 Å². The Bertz CT molecular complexity index is 564. The van der Waals surface area contributed by atoms with Crippen LogP contribution in [0.5, 0.6) is 0 Å². The highest BCUT2D eigenvalue weighted by Gasteiger charge is 2.10. The van der Waals surface area contributed by atoms with Crippen LogP contribution in [0.25, 0.3) is 10.1 Å². The fourth-order valence-corrected chi connectivity index (χ4v) is 2.94. The largest absolute Gasteiger partial charge is 0.409 e. The van der Waals surface area contributed by atoms with Crippen molar-refractivity contribution in [3.63, 3.8) is 0 Å². The molecule has 5 nitrogen and oxygen atoms in total. The van der Waals surface area contributed by atoms with Crippen molar-refractivity contribution in [3.05, 3.63) is 34.2 Å². The van der Waals surface area contributed by atoms with Gasteiger partial charge in [-0.15, -0.1) is 11.3 Å². The third-order valence-electron chi connectivity index (χ3n) is 2.80. The van der Waals surface area contributed by atoms with E-state index in [9.17, 15) is 0 Å². The minimum atomic E-state index is 0.128. The summed E-state index contributed by atoms with van der Waals surface area (Å²) in [7, 11) is 3.33. The monoisotopic (exact) mass is 280 g/mol. The molecule has 0 fully saturated rings. The molecule has 102 valence electrons. The number of nitrogens with zero attached hydrogens (tertiary/aromatic N) is 1. The topological polar surface area (TPSA) is 77.1 Å². The molecule has 0 saturated carbocycles. The highest BCUT2D eigenvalue weighted by atomic mass is 32.1. The van der Waals surface area contributed by atoms with Crippen LogP contribution in [0, 0.1) is 0 Å². The third kappa shape index (κ3) is 2.86. The molecular formula is C13H16N2O3S. The van der Waals surface area contributed by atoms with Crippen LogP contribution in [0.1, 0.15) is 16.0 Å². The summed E-state index contributed by atoms with van der Waals surface area (Å²) in [6.45, 7) is 1.06. The summed E-state index contributed by atoms with van der Waals surface area (Å²) in [6.07, 6.45) is 0. The summed E-state index contributed by atoms with van der Waals surface area (Å²) >= 11 is 1.48. The van der Waals surface area contributed by atoms with Crippen LogP contribution < -0.4 is 5.73 Å². The molecular weight excluding hydrogens is 264 g/mol. The van der Waals surface area contributed by atoms with Gasteiger partial charge in [0.25, 0.3) is 0 Å². The van der Waals surface area contributed by atoms with Crippen LogP contribution in [0.15, 0.2) is 23.4 Å². The van der Waals surface area contributed by atoms with E-state index >= 15 is 0 Å². The van der Waals surface area contributed by atoms with E-state index < -0.39 is 0 Å². The fraction of sp³-hybridized carbons (Fsp3) is 0.308. The van der Waals surface area contributed by atoms with E-state index in [2.05, 4.69) is 17.3 Å². The van der Waals surface area contributed by atoms with Gasteiger partial charge in [0.2, 0.25) is 0 Å². The molecule has 0 amide bonds. The van der Waals surface area contributed by atoms with E-state index in [-0.39, 0.29) is 5.84 Å². The van der Waals surface area contributed by atoms with E-state index in [0.29, 0.717) is 13.2 Å². The van der Waals surface area contributed by atoms with Gasteiger partial charge in [-0.1, -0.05) is 5.16 Å². The average Bonchev–Trinajstić information content (AvgIpc) is 2.81. The molecule has 0 aliphatic carbocycles. The van der Waals surface area contributed by atoms with Crippen LogP contribution in [-0.4, -0.2) is 25.3 Å². The minimum Gasteiger partial charge on any atom is -0.409 e. The van der Waals surface area contributed by atoms with Crippen LogP contribution in [0.3, 0.4) is 0 Å². The van der Waals surface area contributed by atoms with Crippen molar-refractivity contribution >= 4 is 27.3 Å². The normalized spacial score (nSPS) is 12.2. The SMILES string of the molecule is COCc1cc2cc(C(N)=NO)sc2cc1COC. The van der Waals surface area contributed by atoms with Crippen molar-refractivity contribution < 1.29 is 14.7 Å². The maximum absolute atomic E-state index is 8.72. The summed E-state index contributed by atoms with van der Waals surface area (Å²) < 4.78 is 11.5. The number of hydrogen-bond acceptors (Lipinski definition) is 5. The quantitative estimate of drug-likeness (QED) is 0.381. The number of rotatable bonds is 5. The lowest BCUT2D eigenvalue weighted by molar-refractivity contribution is 0.168. The van der Waals surface area contributed by atoms with Crippen molar-refractivity contribution in [3.8, 4) is 0 Å². The highest BCUT2D eigenvalue weighted by Crippen LogP contribution is 2.29. The molecule has 3 N–H and O–H groups in total. The molecule has 19 heavy (non-hydrogen) atoms. The molecule has 0 aliphatic rings. The van der Waals surface area contributed by atoms with Crippen molar-refractivity contribution in [1.29, 1.82) is 0 Å². The van der Waals surface area contributed by atoms with E-state index in [4.69, 9.17) is 20.4 Å². The lowest BCUT2D eigenvalue weighted by Gasteiger charge is -2.08. The molecule has 2 aromatic rings. The Morgan fingerprint density at radius 2 is 1.84 bits per heavy atom. The third-order valence-corrected chi connectivity index (χ3v) is 3.92. The number of methoxy groups -OCH3 is 2. The van der Waals surface area contributed by atoms with Gasteiger partial charge in [0.1, 0.15) is 0 Å². The van der Waals surface area contributed by atoms with Crippen LogP contribution in [-0.2, 0) is 22.7 Å². The van der Waals surface area contributed by atoms with Crippen LogP contribution in [0.4, 0.5) is 0 Å². The second-order valence-corrected chi connectivity index (χ2v) is 5.20. The molecule has 0 radical (unpaired) electrons. The summed E-state index contributed by atoms with van der Waals surface area (Å²) in [4.78, 5) is 0.746. The number of amidine groups is 1. The van der Waals surface area contributed by atoms with Gasteiger partial charge < -0.3 is 20.4 Å².